The van der Waals surface area contributed by atoms with Crippen LogP contribution in [0.5, 0.6) is 17.2 Å². The van der Waals surface area contributed by atoms with Gasteiger partial charge in [0.15, 0.2) is 11.5 Å². The predicted molar refractivity (Wildman–Crippen MR) is 147 cm³/mol. The van der Waals surface area contributed by atoms with Crippen molar-refractivity contribution in [2.75, 3.05) is 32.8 Å². The van der Waals surface area contributed by atoms with Gasteiger partial charge in [0.25, 0.3) is 5.56 Å². The Hall–Kier alpha value is -3.71. The molecule has 0 spiro atoms. The number of ether oxygens (including phenoxy) is 3. The lowest BCUT2D eigenvalue weighted by Gasteiger charge is -2.38. The molecule has 1 aromatic heterocycles. The lowest BCUT2D eigenvalue weighted by Crippen LogP contribution is -2.38. The van der Waals surface area contributed by atoms with Gasteiger partial charge in [0.1, 0.15) is 5.75 Å². The zero-order valence-electron chi connectivity index (χ0n) is 21.4. The smallest absolute Gasteiger partial charge is 0.282 e. The molecule has 0 saturated heterocycles. The minimum Gasteiger partial charge on any atom is -0.495 e. The van der Waals surface area contributed by atoms with E-state index in [0.29, 0.717) is 45.7 Å². The largest absolute Gasteiger partial charge is 0.495 e. The number of hydrogen-bond donors (Lipinski definition) is 1. The topological polar surface area (TPSA) is 76.7 Å². The van der Waals surface area contributed by atoms with Crippen molar-refractivity contribution in [3.05, 3.63) is 86.2 Å². The summed E-state index contributed by atoms with van der Waals surface area (Å²) in [6.07, 6.45) is 2.47. The number of benzene rings is 3. The molecule has 0 amide bonds. The summed E-state index contributed by atoms with van der Waals surface area (Å²) in [6.45, 7) is 2.78. The number of aromatic nitrogens is 2. The van der Waals surface area contributed by atoms with Gasteiger partial charge in [0.05, 0.1) is 43.3 Å². The Kier molecular flexibility index (Phi) is 6.98. The van der Waals surface area contributed by atoms with Gasteiger partial charge in [-0.3, -0.25) is 4.79 Å². The second kappa shape index (κ2) is 10.3. The molecule has 0 fully saturated rings. The number of aromatic amines is 1. The molecule has 0 saturated carbocycles. The first-order chi connectivity index (χ1) is 17.9. The van der Waals surface area contributed by atoms with Crippen molar-refractivity contribution >= 4 is 28.5 Å². The lowest BCUT2D eigenvalue weighted by molar-refractivity contribution is 0.355. The van der Waals surface area contributed by atoms with Gasteiger partial charge in [-0.15, -0.1) is 0 Å². The maximum absolute atomic E-state index is 13.1. The van der Waals surface area contributed by atoms with Crippen LogP contribution in [-0.4, -0.2) is 37.8 Å². The van der Waals surface area contributed by atoms with Crippen molar-refractivity contribution in [1.82, 2.24) is 9.97 Å². The Labute approximate surface area is 221 Å². The fourth-order valence-corrected chi connectivity index (χ4v) is 5.33. The van der Waals surface area contributed by atoms with Crippen LogP contribution in [0, 0.1) is 6.92 Å². The Balaban J connectivity index is 1.58. The number of anilines is 1. The van der Waals surface area contributed by atoms with Crippen molar-refractivity contribution in [3.8, 4) is 17.2 Å². The summed E-state index contributed by atoms with van der Waals surface area (Å²) in [4.78, 5) is 23.1. The van der Waals surface area contributed by atoms with E-state index in [1.807, 2.05) is 12.1 Å². The zero-order chi connectivity index (χ0) is 26.1. The highest BCUT2D eigenvalue weighted by atomic mass is 35.5. The average molecular weight is 520 g/mol. The van der Waals surface area contributed by atoms with E-state index < -0.39 is 0 Å². The molecule has 1 unspecified atom stereocenters. The van der Waals surface area contributed by atoms with Crippen molar-refractivity contribution in [2.24, 2.45) is 0 Å². The van der Waals surface area contributed by atoms with Crippen LogP contribution in [0.15, 0.2) is 53.3 Å². The number of hydrogen-bond acceptors (Lipinski definition) is 6. The van der Waals surface area contributed by atoms with E-state index in [4.69, 9.17) is 25.8 Å². The second-order valence-electron chi connectivity index (χ2n) is 9.29. The number of rotatable bonds is 7. The molecule has 1 N–H and O–H groups in total. The Morgan fingerprint density at radius 3 is 2.41 bits per heavy atom. The lowest BCUT2D eigenvalue weighted by atomic mass is 9.88. The molecule has 0 radical (unpaired) electrons. The number of nitrogens with one attached hydrogen (secondary N) is 1. The van der Waals surface area contributed by atoms with E-state index in [2.05, 4.69) is 46.1 Å². The number of methoxy groups -OCH3 is 3. The zero-order valence-corrected chi connectivity index (χ0v) is 22.2. The number of halogens is 1. The van der Waals surface area contributed by atoms with Crippen molar-refractivity contribution < 1.29 is 14.2 Å². The third-order valence-electron chi connectivity index (χ3n) is 7.08. The standard InChI is InChI=1S/C29H30ClN3O4/c1-17-5-7-18(8-6-17)9-10-24-20-14-22(30)25(35-2)13-19(20)11-12-33(24)29-31-23-16-27(37-4)26(36-3)15-21(23)28(34)32-29/h5-8,13-16,24H,9-12H2,1-4H3,(H,31,32,34). The highest BCUT2D eigenvalue weighted by Gasteiger charge is 2.30. The van der Waals surface area contributed by atoms with Crippen LogP contribution in [0.3, 0.4) is 0 Å². The molecule has 0 bridgehead atoms. The van der Waals surface area contributed by atoms with Gasteiger partial charge in [-0.1, -0.05) is 41.4 Å². The summed E-state index contributed by atoms with van der Waals surface area (Å²) < 4.78 is 16.3. The Morgan fingerprint density at radius 2 is 1.70 bits per heavy atom. The first-order valence-corrected chi connectivity index (χ1v) is 12.6. The van der Waals surface area contributed by atoms with E-state index in [-0.39, 0.29) is 11.6 Å². The summed E-state index contributed by atoms with van der Waals surface area (Å²) in [5.41, 5.74) is 5.13. The molecule has 192 valence electrons. The number of aryl methyl sites for hydroxylation is 2. The Bertz CT molecular complexity index is 1500. The van der Waals surface area contributed by atoms with Gasteiger partial charge in [0, 0.05) is 12.6 Å². The normalized spacial score (nSPS) is 14.9. The van der Waals surface area contributed by atoms with Crippen molar-refractivity contribution in [2.45, 2.75) is 32.2 Å². The van der Waals surface area contributed by atoms with Gasteiger partial charge >= 0.3 is 0 Å². The van der Waals surface area contributed by atoms with Gasteiger partial charge in [0.2, 0.25) is 5.95 Å². The Morgan fingerprint density at radius 1 is 1.00 bits per heavy atom. The summed E-state index contributed by atoms with van der Waals surface area (Å²) in [5, 5.41) is 1.02. The fourth-order valence-electron chi connectivity index (χ4n) is 5.08. The molecule has 7 nitrogen and oxygen atoms in total. The van der Waals surface area contributed by atoms with E-state index in [0.717, 1.165) is 24.8 Å². The molecule has 0 aliphatic carbocycles. The highest BCUT2D eigenvalue weighted by Crippen LogP contribution is 2.40. The summed E-state index contributed by atoms with van der Waals surface area (Å²) >= 11 is 6.58. The number of H-pyrrole nitrogens is 1. The molecule has 1 aliphatic rings. The van der Waals surface area contributed by atoms with Crippen LogP contribution < -0.4 is 24.7 Å². The van der Waals surface area contributed by atoms with Gasteiger partial charge in [-0.2, -0.15) is 4.98 Å². The third kappa shape index (κ3) is 4.83. The summed E-state index contributed by atoms with van der Waals surface area (Å²) in [6, 6.07) is 16.0. The predicted octanol–water partition coefficient (Wildman–Crippen LogP) is 5.65. The van der Waals surface area contributed by atoms with Gasteiger partial charge < -0.3 is 24.1 Å². The minimum absolute atomic E-state index is 0.0331. The quantitative estimate of drug-likeness (QED) is 0.340. The molecular weight excluding hydrogens is 490 g/mol. The SMILES string of the molecule is COc1cc2c(cc1Cl)C(CCc1ccc(C)cc1)N(c1nc(=O)c3cc(OC)c(OC)cc3[nH]1)CC2. The number of nitrogens with zero attached hydrogens (tertiary/aromatic N) is 2. The molecule has 8 heteroatoms. The summed E-state index contributed by atoms with van der Waals surface area (Å²) in [7, 11) is 4.75. The maximum atomic E-state index is 13.1. The van der Waals surface area contributed by atoms with E-state index >= 15 is 0 Å². The molecule has 37 heavy (non-hydrogen) atoms. The second-order valence-corrected chi connectivity index (χ2v) is 9.69. The molecule has 2 heterocycles. The fraction of sp³-hybridized carbons (Fsp3) is 0.310. The van der Waals surface area contributed by atoms with E-state index in [9.17, 15) is 4.79 Å². The first kappa shape index (κ1) is 25.0. The number of fused-ring (bicyclic) bond motifs is 2. The first-order valence-electron chi connectivity index (χ1n) is 12.3. The molecule has 1 atom stereocenters. The van der Waals surface area contributed by atoms with Crippen LogP contribution in [-0.2, 0) is 12.8 Å². The van der Waals surface area contributed by atoms with Crippen LogP contribution in [0.1, 0.15) is 34.7 Å². The van der Waals surface area contributed by atoms with Crippen LogP contribution >= 0.6 is 11.6 Å². The maximum Gasteiger partial charge on any atom is 0.282 e. The van der Waals surface area contributed by atoms with Crippen molar-refractivity contribution in [3.63, 3.8) is 0 Å². The molecule has 1 aliphatic heterocycles. The molecule has 3 aromatic carbocycles. The van der Waals surface area contributed by atoms with Crippen LogP contribution in [0.4, 0.5) is 5.95 Å². The highest BCUT2D eigenvalue weighted by molar-refractivity contribution is 6.32. The van der Waals surface area contributed by atoms with E-state index in [1.54, 1.807) is 33.5 Å². The minimum atomic E-state index is -0.319. The third-order valence-corrected chi connectivity index (χ3v) is 7.37. The molecule has 5 rings (SSSR count). The van der Waals surface area contributed by atoms with Gasteiger partial charge in [-0.05, 0) is 61.1 Å². The summed E-state index contributed by atoms with van der Waals surface area (Å²) in [5.74, 6) is 2.23. The molecule has 4 aromatic rings. The van der Waals surface area contributed by atoms with Crippen LogP contribution in [0.2, 0.25) is 5.02 Å². The van der Waals surface area contributed by atoms with Crippen molar-refractivity contribution in [1.29, 1.82) is 0 Å². The monoisotopic (exact) mass is 519 g/mol. The van der Waals surface area contributed by atoms with Crippen LogP contribution in [0.25, 0.3) is 10.9 Å². The van der Waals surface area contributed by atoms with E-state index in [1.165, 1.54) is 16.7 Å². The molecular formula is C29H30ClN3O4. The average Bonchev–Trinajstić information content (AvgIpc) is 2.91. The van der Waals surface area contributed by atoms with Gasteiger partial charge in [-0.25, -0.2) is 0 Å².